The Balaban J connectivity index is 1.50. The third-order valence-corrected chi connectivity index (χ3v) is 4.96. The Kier molecular flexibility index (Phi) is 7.19. The molecule has 0 radical (unpaired) electrons. The summed E-state index contributed by atoms with van der Waals surface area (Å²) in [4.78, 5) is 34.7. The summed E-state index contributed by atoms with van der Waals surface area (Å²) in [6, 6.07) is 6.84. The van der Waals surface area contributed by atoms with Crippen LogP contribution in [0.3, 0.4) is 0 Å². The zero-order valence-electron chi connectivity index (χ0n) is 15.4. The fourth-order valence-corrected chi connectivity index (χ4v) is 3.39. The van der Waals surface area contributed by atoms with Gasteiger partial charge in [-0.3, -0.25) is 5.32 Å². The third-order valence-electron chi connectivity index (χ3n) is 3.57. The van der Waals surface area contributed by atoms with Gasteiger partial charge in [0, 0.05) is 0 Å². The Morgan fingerprint density at radius 3 is 2.69 bits per heavy atom. The van der Waals surface area contributed by atoms with Gasteiger partial charge in [-0.05, 0) is 52.7 Å². The van der Waals surface area contributed by atoms with Gasteiger partial charge in [-0.2, -0.15) is 0 Å². The van der Waals surface area contributed by atoms with Crippen molar-refractivity contribution in [1.29, 1.82) is 0 Å². The molecule has 3 rings (SSSR count). The molecule has 0 fully saturated rings. The van der Waals surface area contributed by atoms with Gasteiger partial charge in [-0.25, -0.2) is 19.6 Å². The van der Waals surface area contributed by atoms with Crippen molar-refractivity contribution >= 4 is 44.4 Å². The van der Waals surface area contributed by atoms with Gasteiger partial charge in [0.2, 0.25) is 0 Å². The van der Waals surface area contributed by atoms with Crippen LogP contribution in [0.1, 0.15) is 12.7 Å². The lowest BCUT2D eigenvalue weighted by Gasteiger charge is -2.06. The summed E-state index contributed by atoms with van der Waals surface area (Å²) < 4.78 is 11.0. The number of hydrogen-bond acceptors (Lipinski definition) is 7. The van der Waals surface area contributed by atoms with Crippen molar-refractivity contribution in [1.82, 2.24) is 20.3 Å². The molecule has 0 atom stereocenters. The van der Waals surface area contributed by atoms with Crippen molar-refractivity contribution in [3.63, 3.8) is 0 Å². The van der Waals surface area contributed by atoms with Crippen LogP contribution in [0.15, 0.2) is 40.4 Å². The van der Waals surface area contributed by atoms with E-state index in [0.717, 1.165) is 15.0 Å². The SMILES string of the molecule is CCOC(=O)COc1ccc(-c2cnc(CNC(=O)Nc3ncc(Br)s3)[nH]2)cc1. The number of urea groups is 1. The van der Waals surface area contributed by atoms with Gasteiger partial charge in [0.25, 0.3) is 0 Å². The molecule has 2 aromatic heterocycles. The molecule has 9 nitrogen and oxygen atoms in total. The number of thiazole rings is 1. The molecule has 0 aliphatic rings. The number of amides is 2. The molecular formula is C18H18BrN5O4S. The Labute approximate surface area is 179 Å². The first kappa shape index (κ1) is 20.8. The zero-order valence-corrected chi connectivity index (χ0v) is 17.8. The fourth-order valence-electron chi connectivity index (χ4n) is 2.29. The lowest BCUT2D eigenvalue weighted by atomic mass is 10.2. The van der Waals surface area contributed by atoms with Crippen molar-refractivity contribution in [3.8, 4) is 17.0 Å². The van der Waals surface area contributed by atoms with E-state index in [9.17, 15) is 9.59 Å². The molecule has 0 saturated heterocycles. The maximum Gasteiger partial charge on any atom is 0.344 e. The average molecular weight is 480 g/mol. The highest BCUT2D eigenvalue weighted by atomic mass is 79.9. The number of ether oxygens (including phenoxy) is 2. The number of hydrogen-bond donors (Lipinski definition) is 3. The van der Waals surface area contributed by atoms with Gasteiger partial charge in [0.15, 0.2) is 11.7 Å². The van der Waals surface area contributed by atoms with E-state index < -0.39 is 5.97 Å². The minimum atomic E-state index is -0.409. The Morgan fingerprint density at radius 2 is 2.00 bits per heavy atom. The molecule has 152 valence electrons. The van der Waals surface area contributed by atoms with Crippen LogP contribution in [0.5, 0.6) is 5.75 Å². The second kappa shape index (κ2) is 10.0. The van der Waals surface area contributed by atoms with Crippen LogP contribution >= 0.6 is 27.3 Å². The molecular weight excluding hydrogens is 462 g/mol. The van der Waals surface area contributed by atoms with Crippen molar-refractivity contribution in [2.45, 2.75) is 13.5 Å². The van der Waals surface area contributed by atoms with Crippen molar-refractivity contribution in [2.75, 3.05) is 18.5 Å². The number of benzene rings is 1. The number of H-pyrrole nitrogens is 1. The number of aromatic amines is 1. The molecule has 29 heavy (non-hydrogen) atoms. The molecule has 0 spiro atoms. The van der Waals surface area contributed by atoms with Gasteiger partial charge in [0.1, 0.15) is 11.6 Å². The minimum Gasteiger partial charge on any atom is -0.482 e. The van der Waals surface area contributed by atoms with E-state index in [2.05, 4.69) is 41.5 Å². The predicted octanol–water partition coefficient (Wildman–Crippen LogP) is 3.56. The van der Waals surface area contributed by atoms with E-state index in [4.69, 9.17) is 9.47 Å². The molecule has 2 amide bonds. The number of carbonyl (C=O) groups excluding carboxylic acids is 2. The normalized spacial score (nSPS) is 10.4. The number of nitrogens with one attached hydrogen (secondary N) is 3. The molecule has 2 heterocycles. The predicted molar refractivity (Wildman–Crippen MR) is 112 cm³/mol. The van der Waals surface area contributed by atoms with Crippen LogP contribution in [0.4, 0.5) is 9.93 Å². The molecule has 11 heteroatoms. The number of imidazole rings is 1. The summed E-state index contributed by atoms with van der Waals surface area (Å²) in [5.74, 6) is 0.764. The van der Waals surface area contributed by atoms with Crippen LogP contribution in [0.25, 0.3) is 11.3 Å². The van der Waals surface area contributed by atoms with Crippen LogP contribution in [0.2, 0.25) is 0 Å². The van der Waals surface area contributed by atoms with E-state index in [1.807, 2.05) is 12.1 Å². The topological polar surface area (TPSA) is 118 Å². The largest absolute Gasteiger partial charge is 0.482 e. The first-order valence-corrected chi connectivity index (χ1v) is 10.2. The highest BCUT2D eigenvalue weighted by molar-refractivity contribution is 9.11. The van der Waals surface area contributed by atoms with Crippen molar-refractivity contribution < 1.29 is 19.1 Å². The summed E-state index contributed by atoms with van der Waals surface area (Å²) >= 11 is 4.61. The first-order valence-electron chi connectivity index (χ1n) is 8.62. The van der Waals surface area contributed by atoms with Crippen LogP contribution in [0, 0.1) is 0 Å². The molecule has 0 bridgehead atoms. The molecule has 0 saturated carbocycles. The second-order valence-electron chi connectivity index (χ2n) is 5.64. The summed E-state index contributed by atoms with van der Waals surface area (Å²) in [7, 11) is 0. The van der Waals surface area contributed by atoms with Crippen molar-refractivity contribution in [2.24, 2.45) is 0 Å². The van der Waals surface area contributed by atoms with Crippen LogP contribution in [-0.2, 0) is 16.1 Å². The summed E-state index contributed by atoms with van der Waals surface area (Å²) in [5, 5.41) is 5.86. The number of aromatic nitrogens is 3. The Hall–Kier alpha value is -2.92. The van der Waals surface area contributed by atoms with Crippen LogP contribution < -0.4 is 15.4 Å². The van der Waals surface area contributed by atoms with Crippen LogP contribution in [-0.4, -0.2) is 40.2 Å². The Morgan fingerprint density at radius 1 is 1.21 bits per heavy atom. The number of rotatable bonds is 8. The summed E-state index contributed by atoms with van der Waals surface area (Å²) in [5.41, 5.74) is 1.69. The highest BCUT2D eigenvalue weighted by Gasteiger charge is 2.08. The Bertz CT molecular complexity index is 973. The third kappa shape index (κ3) is 6.29. The molecule has 0 aliphatic carbocycles. The van der Waals surface area contributed by atoms with Crippen molar-refractivity contribution in [3.05, 3.63) is 46.3 Å². The molecule has 3 N–H and O–H groups in total. The quantitative estimate of drug-likeness (QED) is 0.425. The van der Waals surface area contributed by atoms with Gasteiger partial charge in [-0.15, -0.1) is 0 Å². The van der Waals surface area contributed by atoms with Gasteiger partial charge in [0.05, 0.1) is 35.0 Å². The highest BCUT2D eigenvalue weighted by Crippen LogP contribution is 2.23. The fraction of sp³-hybridized carbons (Fsp3) is 0.222. The summed E-state index contributed by atoms with van der Waals surface area (Å²) in [6.07, 6.45) is 3.30. The van der Waals surface area contributed by atoms with E-state index in [0.29, 0.717) is 23.3 Å². The number of esters is 1. The molecule has 0 aliphatic heterocycles. The first-order chi connectivity index (χ1) is 14.0. The lowest BCUT2D eigenvalue weighted by Crippen LogP contribution is -2.28. The lowest BCUT2D eigenvalue weighted by molar-refractivity contribution is -0.145. The van der Waals surface area contributed by atoms with Gasteiger partial charge in [-0.1, -0.05) is 11.3 Å². The summed E-state index contributed by atoms with van der Waals surface area (Å²) in [6.45, 7) is 2.17. The number of nitrogens with zero attached hydrogens (tertiary/aromatic N) is 2. The zero-order chi connectivity index (χ0) is 20.6. The molecule has 3 aromatic rings. The average Bonchev–Trinajstić information content (AvgIpc) is 3.34. The van der Waals surface area contributed by atoms with E-state index >= 15 is 0 Å². The minimum absolute atomic E-state index is 0.132. The molecule has 1 aromatic carbocycles. The van der Waals surface area contributed by atoms with Gasteiger partial charge >= 0.3 is 12.0 Å². The smallest absolute Gasteiger partial charge is 0.344 e. The van der Waals surface area contributed by atoms with Gasteiger partial charge < -0.3 is 19.8 Å². The number of carbonyl (C=O) groups is 2. The monoisotopic (exact) mass is 479 g/mol. The second-order valence-corrected chi connectivity index (χ2v) is 8.05. The maximum absolute atomic E-state index is 11.9. The molecule has 0 unspecified atom stereocenters. The van der Waals surface area contributed by atoms with E-state index in [-0.39, 0.29) is 19.2 Å². The number of halogens is 1. The maximum atomic E-state index is 11.9. The number of anilines is 1. The van der Waals surface area contributed by atoms with E-state index in [1.165, 1.54) is 11.3 Å². The standard InChI is InChI=1S/C18H18BrN5O4S/c1-2-27-16(25)10-28-12-5-3-11(4-6-12)13-7-20-15(23-13)9-21-17(26)24-18-22-8-14(19)29-18/h3-8H,2,9-10H2,1H3,(H,20,23)(H2,21,22,24,26). The van der Waals surface area contributed by atoms with E-state index in [1.54, 1.807) is 31.5 Å².